The van der Waals surface area contributed by atoms with E-state index in [1.807, 2.05) is 31.6 Å². The molecule has 1 aromatic carbocycles. The standard InChI is InChI=1S/C23H21FN4OS.C2H6/c1-3-4-14-5-12(2)18(10-25-14)16-6-13-9-26-20(28-23(29)17-7-19(17)24)8-15(13)22-21(16)27-11-30-22;1-2/h5-6,8-11,17,19H,3-4,7H2,1-2H3,(H,26,28,29);1-2H3. The van der Waals surface area contributed by atoms with E-state index in [4.69, 9.17) is 0 Å². The predicted octanol–water partition coefficient (Wildman–Crippen LogP) is 6.49. The van der Waals surface area contributed by atoms with Crippen molar-refractivity contribution in [2.75, 3.05) is 5.32 Å². The number of pyridine rings is 2. The second-order valence-corrected chi connectivity index (χ2v) is 8.69. The Morgan fingerprint density at radius 1 is 1.16 bits per heavy atom. The van der Waals surface area contributed by atoms with Crippen molar-refractivity contribution < 1.29 is 9.18 Å². The van der Waals surface area contributed by atoms with Crippen molar-refractivity contribution in [1.29, 1.82) is 0 Å². The zero-order valence-corrected chi connectivity index (χ0v) is 19.6. The molecule has 5 rings (SSSR count). The Labute approximate surface area is 191 Å². The average molecular weight is 451 g/mol. The molecule has 4 aromatic rings. The maximum absolute atomic E-state index is 13.2. The first-order chi connectivity index (χ1) is 15.5. The molecule has 1 N–H and O–H groups in total. The van der Waals surface area contributed by atoms with Gasteiger partial charge in [0.05, 0.1) is 21.6 Å². The van der Waals surface area contributed by atoms with Crippen molar-refractivity contribution in [3.8, 4) is 11.1 Å². The number of hydrogen-bond donors (Lipinski definition) is 1. The summed E-state index contributed by atoms with van der Waals surface area (Å²) in [6.45, 7) is 8.25. The van der Waals surface area contributed by atoms with Crippen molar-refractivity contribution in [3.05, 3.63) is 47.4 Å². The lowest BCUT2D eigenvalue weighted by Gasteiger charge is -2.11. The molecule has 7 heteroatoms. The van der Waals surface area contributed by atoms with Gasteiger partial charge in [0.2, 0.25) is 5.91 Å². The van der Waals surface area contributed by atoms with Crippen molar-refractivity contribution in [2.24, 2.45) is 5.92 Å². The molecular weight excluding hydrogens is 423 g/mol. The van der Waals surface area contributed by atoms with Crippen molar-refractivity contribution >= 4 is 44.1 Å². The highest BCUT2D eigenvalue weighted by atomic mass is 32.1. The van der Waals surface area contributed by atoms with Crippen LogP contribution in [0.1, 0.15) is 44.9 Å². The third kappa shape index (κ3) is 4.21. The van der Waals surface area contributed by atoms with Crippen LogP contribution in [-0.4, -0.2) is 27.0 Å². The van der Waals surface area contributed by atoms with Crippen LogP contribution < -0.4 is 5.32 Å². The number of carbonyl (C=O) groups is 1. The Hall–Kier alpha value is -2.93. The molecular formula is C25H27FN4OS. The smallest absolute Gasteiger partial charge is 0.231 e. The monoisotopic (exact) mass is 450 g/mol. The second kappa shape index (κ2) is 9.28. The number of carbonyl (C=O) groups excluding carboxylic acids is 1. The van der Waals surface area contributed by atoms with E-state index in [0.29, 0.717) is 12.2 Å². The van der Waals surface area contributed by atoms with E-state index in [1.165, 1.54) is 5.56 Å². The van der Waals surface area contributed by atoms with Gasteiger partial charge in [0, 0.05) is 40.0 Å². The summed E-state index contributed by atoms with van der Waals surface area (Å²) in [4.78, 5) is 25.7. The summed E-state index contributed by atoms with van der Waals surface area (Å²) >= 11 is 1.56. The minimum atomic E-state index is -1.03. The van der Waals surface area contributed by atoms with E-state index in [-0.39, 0.29) is 5.91 Å². The summed E-state index contributed by atoms with van der Waals surface area (Å²) in [7, 11) is 0. The Morgan fingerprint density at radius 2 is 1.94 bits per heavy atom. The number of anilines is 1. The minimum Gasteiger partial charge on any atom is -0.310 e. The van der Waals surface area contributed by atoms with Gasteiger partial charge < -0.3 is 5.32 Å². The van der Waals surface area contributed by atoms with Gasteiger partial charge in [-0.2, -0.15) is 0 Å². The van der Waals surface area contributed by atoms with Crippen molar-refractivity contribution in [2.45, 2.75) is 53.1 Å². The number of halogens is 1. The molecule has 1 aliphatic carbocycles. The van der Waals surface area contributed by atoms with Crippen LogP contribution in [0.2, 0.25) is 0 Å². The number of amides is 1. The van der Waals surface area contributed by atoms with Gasteiger partial charge in [0.15, 0.2) is 0 Å². The number of rotatable bonds is 5. The summed E-state index contributed by atoms with van der Waals surface area (Å²) in [5, 5.41) is 4.68. The zero-order valence-electron chi connectivity index (χ0n) is 18.8. The lowest BCUT2D eigenvalue weighted by molar-refractivity contribution is -0.117. The number of nitrogens with zero attached hydrogens (tertiary/aromatic N) is 3. The van der Waals surface area contributed by atoms with E-state index >= 15 is 0 Å². The molecule has 0 spiro atoms. The molecule has 0 saturated heterocycles. The van der Waals surface area contributed by atoms with Crippen LogP contribution in [0.25, 0.3) is 32.1 Å². The predicted molar refractivity (Wildman–Crippen MR) is 130 cm³/mol. The summed E-state index contributed by atoms with van der Waals surface area (Å²) in [6.07, 6.45) is 4.99. The fraction of sp³-hybridized carbons (Fsp3) is 0.360. The topological polar surface area (TPSA) is 67.8 Å². The van der Waals surface area contributed by atoms with Gasteiger partial charge in [0.1, 0.15) is 12.0 Å². The van der Waals surface area contributed by atoms with Gasteiger partial charge >= 0.3 is 0 Å². The number of benzene rings is 1. The molecule has 1 saturated carbocycles. The number of hydrogen-bond acceptors (Lipinski definition) is 5. The molecule has 1 aliphatic rings. The Balaban J connectivity index is 0.00000119. The fourth-order valence-electron chi connectivity index (χ4n) is 3.85. The number of alkyl halides is 1. The van der Waals surface area contributed by atoms with E-state index in [9.17, 15) is 9.18 Å². The third-order valence-electron chi connectivity index (χ3n) is 5.57. The van der Waals surface area contributed by atoms with E-state index < -0.39 is 12.1 Å². The summed E-state index contributed by atoms with van der Waals surface area (Å²) in [6, 6.07) is 6.08. The quantitative estimate of drug-likeness (QED) is 0.377. The third-order valence-corrected chi connectivity index (χ3v) is 6.43. The number of nitrogens with one attached hydrogen (secondary N) is 1. The second-order valence-electron chi connectivity index (χ2n) is 7.83. The van der Waals surface area contributed by atoms with Crippen molar-refractivity contribution in [1.82, 2.24) is 15.0 Å². The molecule has 32 heavy (non-hydrogen) atoms. The first-order valence-corrected chi connectivity index (χ1v) is 12.0. The normalized spacial score (nSPS) is 17.2. The van der Waals surface area contributed by atoms with Gasteiger partial charge in [-0.15, -0.1) is 11.3 Å². The summed E-state index contributed by atoms with van der Waals surface area (Å²) in [5.74, 6) is -0.407. The number of fused-ring (bicyclic) bond motifs is 3. The van der Waals surface area contributed by atoms with Gasteiger partial charge in [-0.25, -0.2) is 14.4 Å². The molecule has 3 aromatic heterocycles. The molecule has 1 amide bonds. The van der Waals surface area contributed by atoms with Crippen LogP contribution in [0.4, 0.5) is 10.2 Å². The lowest BCUT2D eigenvalue weighted by atomic mass is 9.98. The molecule has 166 valence electrons. The highest BCUT2D eigenvalue weighted by Gasteiger charge is 2.43. The molecule has 0 aliphatic heterocycles. The fourth-order valence-corrected chi connectivity index (χ4v) is 4.69. The molecule has 2 atom stereocenters. The highest BCUT2D eigenvalue weighted by Crippen LogP contribution is 2.38. The van der Waals surface area contributed by atoms with Crippen LogP contribution in [0.3, 0.4) is 0 Å². The van der Waals surface area contributed by atoms with Gasteiger partial charge in [-0.3, -0.25) is 9.78 Å². The Bertz CT molecular complexity index is 1290. The molecule has 1 fully saturated rings. The molecule has 2 unspecified atom stereocenters. The number of aryl methyl sites for hydroxylation is 2. The van der Waals surface area contributed by atoms with Crippen LogP contribution in [0.15, 0.2) is 36.1 Å². The van der Waals surface area contributed by atoms with Gasteiger partial charge in [-0.1, -0.05) is 27.2 Å². The Kier molecular flexibility index (Phi) is 6.46. The zero-order chi connectivity index (χ0) is 22.8. The van der Waals surface area contributed by atoms with E-state index in [1.54, 1.807) is 17.5 Å². The van der Waals surface area contributed by atoms with Crippen LogP contribution >= 0.6 is 11.3 Å². The number of aromatic nitrogens is 3. The maximum Gasteiger partial charge on any atom is 0.231 e. The maximum atomic E-state index is 13.2. The van der Waals surface area contributed by atoms with Gasteiger partial charge in [0.25, 0.3) is 0 Å². The SMILES string of the molecule is CC.CCCc1cc(C)c(-c2cc3cnc(NC(=O)C4CC4F)cc3c3scnc23)cn1. The van der Waals surface area contributed by atoms with Crippen LogP contribution in [-0.2, 0) is 11.2 Å². The van der Waals surface area contributed by atoms with Crippen molar-refractivity contribution in [3.63, 3.8) is 0 Å². The first kappa shape index (κ1) is 22.3. The highest BCUT2D eigenvalue weighted by molar-refractivity contribution is 7.17. The van der Waals surface area contributed by atoms with Crippen LogP contribution in [0.5, 0.6) is 0 Å². The lowest BCUT2D eigenvalue weighted by Crippen LogP contribution is -2.15. The molecule has 0 radical (unpaired) electrons. The molecule has 0 bridgehead atoms. The summed E-state index contributed by atoms with van der Waals surface area (Å²) in [5.41, 5.74) is 7.11. The molecule has 3 heterocycles. The van der Waals surface area contributed by atoms with Crippen LogP contribution in [0, 0.1) is 12.8 Å². The molecule has 5 nitrogen and oxygen atoms in total. The largest absolute Gasteiger partial charge is 0.310 e. The Morgan fingerprint density at radius 3 is 2.62 bits per heavy atom. The van der Waals surface area contributed by atoms with Gasteiger partial charge in [-0.05, 0) is 43.5 Å². The van der Waals surface area contributed by atoms with E-state index in [0.717, 1.165) is 50.7 Å². The van der Waals surface area contributed by atoms with E-state index in [2.05, 4.69) is 46.2 Å². The number of thiazole rings is 1. The first-order valence-electron chi connectivity index (χ1n) is 11.1. The summed E-state index contributed by atoms with van der Waals surface area (Å²) < 4.78 is 14.2. The average Bonchev–Trinajstić information content (AvgIpc) is 3.32. The minimum absolute atomic E-state index is 0.298.